The van der Waals surface area contributed by atoms with E-state index in [-0.39, 0.29) is 32.6 Å². The van der Waals surface area contributed by atoms with Crippen molar-refractivity contribution in [2.75, 3.05) is 26.4 Å². The van der Waals surface area contributed by atoms with Crippen LogP contribution in [0.2, 0.25) is 0 Å². The second-order valence-corrected chi connectivity index (χ2v) is 23.4. The summed E-state index contributed by atoms with van der Waals surface area (Å²) in [4.78, 5) is 35.3. The van der Waals surface area contributed by atoms with Gasteiger partial charge in [0.15, 0.2) is 6.10 Å². The van der Waals surface area contributed by atoms with Crippen LogP contribution in [-0.2, 0) is 32.7 Å². The van der Waals surface area contributed by atoms with Crippen LogP contribution in [0.1, 0.15) is 258 Å². The normalized spacial score (nSPS) is 14.1. The number of rotatable bonds is 62. The summed E-state index contributed by atoms with van der Waals surface area (Å²) in [6, 6.07) is 0. The molecule has 2 atom stereocenters. The molecule has 10 heteroatoms. The first-order valence-electron chi connectivity index (χ1n) is 34.3. The maximum Gasteiger partial charge on any atom is 0.472 e. The lowest BCUT2D eigenvalue weighted by Crippen LogP contribution is -2.29. The van der Waals surface area contributed by atoms with Gasteiger partial charge in [-0.05, 0) is 135 Å². The highest BCUT2D eigenvalue weighted by Crippen LogP contribution is 2.43. The second kappa shape index (κ2) is 70.2. The van der Waals surface area contributed by atoms with E-state index in [1.807, 2.05) is 0 Å². The van der Waals surface area contributed by atoms with Crippen molar-refractivity contribution in [3.63, 3.8) is 0 Å². The van der Waals surface area contributed by atoms with Crippen LogP contribution in [0.25, 0.3) is 0 Å². The zero-order valence-corrected chi connectivity index (χ0v) is 55.8. The number of hydrogen-bond acceptors (Lipinski definition) is 8. The van der Waals surface area contributed by atoms with Crippen LogP contribution in [0.3, 0.4) is 0 Å². The fraction of sp³-hybridized carbons (Fsp3) is 0.584. The largest absolute Gasteiger partial charge is 0.472 e. The van der Waals surface area contributed by atoms with Gasteiger partial charge in [0.2, 0.25) is 0 Å². The van der Waals surface area contributed by atoms with E-state index in [1.165, 1.54) is 83.5 Å². The minimum absolute atomic E-state index is 0.0402. The van der Waals surface area contributed by atoms with Crippen molar-refractivity contribution in [2.24, 2.45) is 5.73 Å². The topological polar surface area (TPSA) is 134 Å². The molecule has 2 unspecified atom stereocenters. The molecule has 0 heterocycles. The SMILES string of the molecule is CC/C=C\C/C=C\C/C=C\C/C=C\C/C=C\C/C=C\C/C=C\C/C=C\CCCCCCCCCCCCCCCCCCC(=O)OC(COC(=O)CCCCC/C=C\C/C=C\C/C=C\C/C=C\C/C=C\C/C=C\C/C=C\CC)COP(=O)(O)OCCN. The van der Waals surface area contributed by atoms with Gasteiger partial charge in [-0.3, -0.25) is 18.6 Å². The molecule has 0 saturated carbocycles. The molecule has 9 nitrogen and oxygen atoms in total. The Morgan fingerprint density at radius 2 is 0.598 bits per heavy atom. The number of unbranched alkanes of at least 4 members (excludes halogenated alkanes) is 19. The summed E-state index contributed by atoms with van der Waals surface area (Å²) in [5, 5.41) is 0. The summed E-state index contributed by atoms with van der Waals surface area (Å²) < 4.78 is 33.1. The first kappa shape index (κ1) is 82.1. The van der Waals surface area contributed by atoms with Crippen LogP contribution in [-0.4, -0.2) is 49.3 Å². The first-order valence-corrected chi connectivity index (χ1v) is 35.8. The Morgan fingerprint density at radius 1 is 0.345 bits per heavy atom. The molecule has 0 aromatic carbocycles. The Morgan fingerprint density at radius 3 is 0.897 bits per heavy atom. The summed E-state index contributed by atoms with van der Waals surface area (Å²) in [5.74, 6) is -0.874. The fourth-order valence-corrected chi connectivity index (χ4v) is 9.57. The van der Waals surface area contributed by atoms with Crippen molar-refractivity contribution in [1.82, 2.24) is 0 Å². The smallest absolute Gasteiger partial charge is 0.462 e. The summed E-state index contributed by atoms with van der Waals surface area (Å²) in [6.45, 7) is 3.47. The Labute approximate surface area is 533 Å². The molecular weight excluding hydrogens is 1100 g/mol. The van der Waals surface area contributed by atoms with E-state index in [9.17, 15) is 19.0 Å². The zero-order valence-electron chi connectivity index (χ0n) is 54.9. The van der Waals surface area contributed by atoms with E-state index >= 15 is 0 Å². The number of hydrogen-bond donors (Lipinski definition) is 2. The van der Waals surface area contributed by atoms with Crippen molar-refractivity contribution in [3.8, 4) is 0 Å². The van der Waals surface area contributed by atoms with Crippen LogP contribution < -0.4 is 5.73 Å². The fourth-order valence-electron chi connectivity index (χ4n) is 8.81. The first-order chi connectivity index (χ1) is 42.8. The molecule has 490 valence electrons. The van der Waals surface area contributed by atoms with Gasteiger partial charge in [0.05, 0.1) is 13.2 Å². The Hall–Kier alpha value is -4.89. The molecule has 0 amide bonds. The number of phosphoric ester groups is 1. The van der Waals surface area contributed by atoms with Crippen LogP contribution in [0.5, 0.6) is 0 Å². The lowest BCUT2D eigenvalue weighted by atomic mass is 10.0. The highest BCUT2D eigenvalue weighted by atomic mass is 31.2. The molecule has 0 aromatic heterocycles. The zero-order chi connectivity index (χ0) is 63.0. The van der Waals surface area contributed by atoms with Gasteiger partial charge in [-0.25, -0.2) is 4.57 Å². The third-order valence-electron chi connectivity index (χ3n) is 13.8. The molecule has 0 saturated heterocycles. The molecule has 3 N–H and O–H groups in total. The van der Waals surface area contributed by atoms with Crippen LogP contribution >= 0.6 is 7.82 Å². The van der Waals surface area contributed by atoms with Gasteiger partial charge in [-0.15, -0.1) is 0 Å². The molecule has 0 spiro atoms. The van der Waals surface area contributed by atoms with E-state index in [2.05, 4.69) is 196 Å². The molecule has 0 bridgehead atoms. The van der Waals surface area contributed by atoms with E-state index in [0.717, 1.165) is 135 Å². The third-order valence-corrected chi connectivity index (χ3v) is 14.8. The monoisotopic (exact) mass is 1220 g/mol. The number of phosphoric acid groups is 1. The van der Waals surface area contributed by atoms with E-state index in [1.54, 1.807) is 0 Å². The summed E-state index contributed by atoms with van der Waals surface area (Å²) in [6.07, 6.45) is 105. The predicted molar refractivity (Wildman–Crippen MR) is 376 cm³/mol. The molecule has 0 rings (SSSR count). The van der Waals surface area contributed by atoms with Crippen LogP contribution in [0.4, 0.5) is 0 Å². The van der Waals surface area contributed by atoms with Gasteiger partial charge in [0.1, 0.15) is 6.61 Å². The Kier molecular flexibility index (Phi) is 66.3. The van der Waals surface area contributed by atoms with Crippen molar-refractivity contribution in [1.29, 1.82) is 0 Å². The van der Waals surface area contributed by atoms with Crippen molar-refractivity contribution in [2.45, 2.75) is 264 Å². The van der Waals surface area contributed by atoms with Crippen LogP contribution in [0.15, 0.2) is 182 Å². The third kappa shape index (κ3) is 70.1. The Balaban J connectivity index is 3.96. The number of allylic oxidation sites excluding steroid dienone is 30. The molecule has 0 aliphatic rings. The highest BCUT2D eigenvalue weighted by molar-refractivity contribution is 7.47. The summed E-state index contributed by atoms with van der Waals surface area (Å²) >= 11 is 0. The van der Waals surface area contributed by atoms with Crippen molar-refractivity contribution >= 4 is 19.8 Å². The minimum atomic E-state index is -4.41. The van der Waals surface area contributed by atoms with Gasteiger partial charge in [0.25, 0.3) is 0 Å². The van der Waals surface area contributed by atoms with Crippen molar-refractivity contribution in [3.05, 3.63) is 182 Å². The predicted octanol–water partition coefficient (Wildman–Crippen LogP) is 22.7. The van der Waals surface area contributed by atoms with Gasteiger partial charge in [-0.2, -0.15) is 0 Å². The molecule has 0 fully saturated rings. The molecule has 87 heavy (non-hydrogen) atoms. The highest BCUT2D eigenvalue weighted by Gasteiger charge is 2.26. The number of nitrogens with two attached hydrogens (primary N) is 1. The number of carbonyl (C=O) groups excluding carboxylic acids is 2. The van der Waals surface area contributed by atoms with E-state index < -0.39 is 32.5 Å². The average Bonchev–Trinajstić information content (AvgIpc) is 3.65. The lowest BCUT2D eigenvalue weighted by molar-refractivity contribution is -0.161. The number of ether oxygens (including phenoxy) is 2. The van der Waals surface area contributed by atoms with Gasteiger partial charge >= 0.3 is 19.8 Å². The average molecular weight is 1220 g/mol. The maximum absolute atomic E-state index is 12.8. The summed E-state index contributed by atoms with van der Waals surface area (Å²) in [5.41, 5.74) is 5.39. The second-order valence-electron chi connectivity index (χ2n) is 21.9. The van der Waals surface area contributed by atoms with Gasteiger partial charge in [-0.1, -0.05) is 292 Å². The summed E-state index contributed by atoms with van der Waals surface area (Å²) in [7, 11) is -4.41. The van der Waals surface area contributed by atoms with E-state index in [0.29, 0.717) is 12.8 Å². The molecule has 0 radical (unpaired) electrons. The van der Waals surface area contributed by atoms with E-state index in [4.69, 9.17) is 24.3 Å². The maximum atomic E-state index is 12.8. The molecule has 0 aromatic rings. The quantitative estimate of drug-likeness (QED) is 0.0264. The Bertz CT molecular complexity index is 2080. The van der Waals surface area contributed by atoms with Crippen molar-refractivity contribution < 1.29 is 37.6 Å². The molecule has 0 aliphatic carbocycles. The lowest BCUT2D eigenvalue weighted by Gasteiger charge is -2.19. The number of carbonyl (C=O) groups is 2. The number of esters is 2. The van der Waals surface area contributed by atoms with Gasteiger partial charge < -0.3 is 20.1 Å². The molecular formula is C77H124NO8P. The molecule has 0 aliphatic heterocycles. The van der Waals surface area contributed by atoms with Crippen LogP contribution in [0, 0.1) is 0 Å². The van der Waals surface area contributed by atoms with Gasteiger partial charge in [0, 0.05) is 19.4 Å². The standard InChI is InChI=1S/C77H124NO8P/c1-3-5-7-9-11-13-15-17-19-21-23-25-27-29-30-31-32-33-34-35-36-37-38-39-40-41-42-43-44-46-48-50-52-54-56-58-60-62-64-66-68-70-77(80)86-75(74-85-87(81,82)84-72-71-78)73-83-76(79)69-67-65-63-61-59-57-55-53-51-49-47-45-28-26-24-22-20-18-16-14-12-10-8-6-4-2/h5-8,11-14,17-20,23-26,29-30,32-33,35-36,38-39,45,47,51,53,57,59,75H,3-4,9-10,15-16,21-22,27-28,31,34,37,40-44,46,48-50,52,54-56,58,60-74,78H2,1-2H3,(H,81,82)/b7-5-,8-6-,13-11-,14-12-,19-17-,20-18-,25-23-,26-24-,30-29-,33-32-,36-35-,39-38-,47-45-,53-51-,59-57-. The minimum Gasteiger partial charge on any atom is -0.462 e.